The first-order chi connectivity index (χ1) is 13.3. The molecular formula is C19H16N6O2. The van der Waals surface area contributed by atoms with E-state index in [-0.39, 0.29) is 11.8 Å². The van der Waals surface area contributed by atoms with Crippen molar-refractivity contribution in [1.29, 1.82) is 0 Å². The van der Waals surface area contributed by atoms with E-state index in [9.17, 15) is 4.79 Å². The summed E-state index contributed by atoms with van der Waals surface area (Å²) in [4.78, 5) is 30.2. The van der Waals surface area contributed by atoms with Gasteiger partial charge in [0.1, 0.15) is 0 Å². The van der Waals surface area contributed by atoms with Gasteiger partial charge in [0.05, 0.1) is 12.3 Å². The molecule has 4 heterocycles. The van der Waals surface area contributed by atoms with Gasteiger partial charge in [0.25, 0.3) is 0 Å². The summed E-state index contributed by atoms with van der Waals surface area (Å²) in [5, 5.41) is 5.03. The number of aromatic amines is 1. The molecule has 1 fully saturated rings. The zero-order valence-electron chi connectivity index (χ0n) is 14.4. The van der Waals surface area contributed by atoms with Crippen LogP contribution < -0.4 is 0 Å². The van der Waals surface area contributed by atoms with Crippen LogP contribution in [0.4, 0.5) is 0 Å². The van der Waals surface area contributed by atoms with Crippen molar-refractivity contribution in [2.75, 3.05) is 13.1 Å². The maximum Gasteiger partial charge on any atom is 0.240 e. The van der Waals surface area contributed by atoms with Gasteiger partial charge in [-0.05, 0) is 17.7 Å². The lowest BCUT2D eigenvalue weighted by Crippen LogP contribution is -2.49. The smallest absolute Gasteiger partial charge is 0.240 e. The van der Waals surface area contributed by atoms with E-state index in [2.05, 4.69) is 25.1 Å². The third kappa shape index (κ3) is 2.84. The van der Waals surface area contributed by atoms with Crippen LogP contribution in [0.5, 0.6) is 0 Å². The molecule has 0 unspecified atom stereocenters. The van der Waals surface area contributed by atoms with Gasteiger partial charge in [-0.15, -0.1) is 0 Å². The summed E-state index contributed by atoms with van der Waals surface area (Å²) in [6.07, 6.45) is 5.55. The molecule has 0 radical (unpaired) electrons. The Morgan fingerprint density at radius 1 is 1.15 bits per heavy atom. The Morgan fingerprint density at radius 2 is 1.96 bits per heavy atom. The van der Waals surface area contributed by atoms with E-state index in [1.54, 1.807) is 18.5 Å². The Morgan fingerprint density at radius 3 is 2.81 bits per heavy atom. The van der Waals surface area contributed by atoms with Gasteiger partial charge in [0.15, 0.2) is 0 Å². The highest BCUT2D eigenvalue weighted by atomic mass is 16.5. The van der Waals surface area contributed by atoms with Crippen LogP contribution in [0.25, 0.3) is 22.6 Å². The molecule has 0 aliphatic carbocycles. The minimum absolute atomic E-state index is 0.0573. The molecule has 0 spiro atoms. The van der Waals surface area contributed by atoms with Crippen LogP contribution in [0.1, 0.15) is 17.4 Å². The molecule has 8 heteroatoms. The second-order valence-corrected chi connectivity index (χ2v) is 6.56. The third-order valence-electron chi connectivity index (χ3n) is 4.81. The van der Waals surface area contributed by atoms with Gasteiger partial charge in [-0.3, -0.25) is 4.79 Å². The van der Waals surface area contributed by atoms with Crippen LogP contribution in [0.2, 0.25) is 0 Å². The summed E-state index contributed by atoms with van der Waals surface area (Å²) in [6, 6.07) is 9.72. The van der Waals surface area contributed by atoms with E-state index in [4.69, 9.17) is 4.52 Å². The maximum atomic E-state index is 12.6. The minimum Gasteiger partial charge on any atom is -0.361 e. The minimum atomic E-state index is 0.0573. The first kappa shape index (κ1) is 15.7. The molecule has 1 aliphatic heterocycles. The number of nitrogens with zero attached hydrogens (tertiary/aromatic N) is 5. The summed E-state index contributed by atoms with van der Waals surface area (Å²) in [7, 11) is 0. The lowest BCUT2D eigenvalue weighted by atomic mass is 9.98. The lowest BCUT2D eigenvalue weighted by Gasteiger charge is -2.37. The van der Waals surface area contributed by atoms with Crippen molar-refractivity contribution in [2.45, 2.75) is 12.3 Å². The second kappa shape index (κ2) is 6.31. The molecule has 134 valence electrons. The van der Waals surface area contributed by atoms with Gasteiger partial charge in [-0.2, -0.15) is 4.98 Å². The number of hydrogen-bond donors (Lipinski definition) is 1. The van der Waals surface area contributed by atoms with Gasteiger partial charge < -0.3 is 14.4 Å². The maximum absolute atomic E-state index is 12.6. The highest BCUT2D eigenvalue weighted by Gasteiger charge is 2.35. The van der Waals surface area contributed by atoms with E-state index in [1.807, 2.05) is 35.4 Å². The number of amides is 1. The lowest BCUT2D eigenvalue weighted by molar-refractivity contribution is -0.135. The largest absolute Gasteiger partial charge is 0.361 e. The summed E-state index contributed by atoms with van der Waals surface area (Å²) in [6.45, 7) is 1.16. The molecule has 1 amide bonds. The van der Waals surface area contributed by atoms with Crippen LogP contribution in [0.3, 0.4) is 0 Å². The van der Waals surface area contributed by atoms with Crippen molar-refractivity contribution < 1.29 is 9.32 Å². The standard InChI is InChI=1S/C19H16N6O2/c26-16(8-12-9-22-15-5-2-1-4-14(12)15)25-10-13(11-25)19-23-18(24-27-19)17-20-6-3-7-21-17/h1-7,9,13,22H,8,10-11H2. The molecule has 3 aromatic heterocycles. The fourth-order valence-corrected chi connectivity index (χ4v) is 3.30. The highest BCUT2D eigenvalue weighted by molar-refractivity contribution is 5.89. The molecule has 1 N–H and O–H groups in total. The third-order valence-corrected chi connectivity index (χ3v) is 4.81. The molecule has 27 heavy (non-hydrogen) atoms. The fourth-order valence-electron chi connectivity index (χ4n) is 3.30. The molecule has 1 aromatic carbocycles. The van der Waals surface area contributed by atoms with Gasteiger partial charge >= 0.3 is 0 Å². The highest BCUT2D eigenvalue weighted by Crippen LogP contribution is 2.28. The van der Waals surface area contributed by atoms with Crippen LogP contribution in [0.15, 0.2) is 53.4 Å². The SMILES string of the molecule is O=C(Cc1c[nH]c2ccccc12)N1CC(c2nc(-c3ncccn3)no2)C1. The number of para-hydroxylation sites is 1. The quantitative estimate of drug-likeness (QED) is 0.599. The summed E-state index contributed by atoms with van der Waals surface area (Å²) in [5.41, 5.74) is 2.06. The average Bonchev–Trinajstić information content (AvgIpc) is 3.29. The summed E-state index contributed by atoms with van der Waals surface area (Å²) >= 11 is 0. The normalized spacial score (nSPS) is 14.4. The van der Waals surface area contributed by atoms with Crippen LogP contribution >= 0.6 is 0 Å². The van der Waals surface area contributed by atoms with Crippen molar-refractivity contribution in [3.63, 3.8) is 0 Å². The first-order valence-corrected chi connectivity index (χ1v) is 8.71. The van der Waals surface area contributed by atoms with Crippen molar-refractivity contribution >= 4 is 16.8 Å². The van der Waals surface area contributed by atoms with E-state index >= 15 is 0 Å². The molecule has 0 bridgehead atoms. The molecule has 0 saturated carbocycles. The van der Waals surface area contributed by atoms with Crippen molar-refractivity contribution in [3.8, 4) is 11.6 Å². The summed E-state index contributed by atoms with van der Waals surface area (Å²) in [5.74, 6) is 1.48. The molecule has 1 saturated heterocycles. The number of nitrogens with one attached hydrogen (secondary N) is 1. The number of benzene rings is 1. The topological polar surface area (TPSA) is 101 Å². The molecule has 1 aliphatic rings. The predicted octanol–water partition coefficient (Wildman–Crippen LogP) is 2.18. The Balaban J connectivity index is 1.23. The van der Waals surface area contributed by atoms with Crippen molar-refractivity contribution in [1.82, 2.24) is 30.0 Å². The number of fused-ring (bicyclic) bond motifs is 1. The molecular weight excluding hydrogens is 344 g/mol. The van der Waals surface area contributed by atoms with Gasteiger partial charge in [-0.1, -0.05) is 23.4 Å². The average molecular weight is 360 g/mol. The van der Waals surface area contributed by atoms with E-state index in [0.717, 1.165) is 16.5 Å². The van der Waals surface area contributed by atoms with Crippen LogP contribution in [0, 0.1) is 0 Å². The zero-order valence-corrected chi connectivity index (χ0v) is 14.4. The van der Waals surface area contributed by atoms with E-state index < -0.39 is 0 Å². The molecule has 4 aromatic rings. The van der Waals surface area contributed by atoms with Crippen molar-refractivity contribution in [3.05, 3.63) is 60.4 Å². The number of aromatic nitrogens is 5. The fraction of sp³-hybridized carbons (Fsp3) is 0.211. The Kier molecular flexibility index (Phi) is 3.67. The second-order valence-electron chi connectivity index (χ2n) is 6.56. The first-order valence-electron chi connectivity index (χ1n) is 8.71. The summed E-state index contributed by atoms with van der Waals surface area (Å²) < 4.78 is 5.33. The van der Waals surface area contributed by atoms with Crippen LogP contribution in [-0.2, 0) is 11.2 Å². The van der Waals surface area contributed by atoms with Crippen molar-refractivity contribution in [2.24, 2.45) is 0 Å². The Hall–Kier alpha value is -3.55. The number of carbonyl (C=O) groups excluding carboxylic acids is 1. The molecule has 8 nitrogen and oxygen atoms in total. The monoisotopic (exact) mass is 360 g/mol. The predicted molar refractivity (Wildman–Crippen MR) is 96.6 cm³/mol. The number of rotatable bonds is 4. The Labute approximate surface area is 154 Å². The Bertz CT molecular complexity index is 1100. The zero-order chi connectivity index (χ0) is 18.2. The van der Waals surface area contributed by atoms with Gasteiger partial charge in [-0.25, -0.2) is 9.97 Å². The number of likely N-dealkylation sites (tertiary alicyclic amines) is 1. The van der Waals surface area contributed by atoms with Crippen LogP contribution in [-0.4, -0.2) is 49.0 Å². The molecule has 0 atom stereocenters. The number of carbonyl (C=O) groups is 1. The number of hydrogen-bond acceptors (Lipinski definition) is 6. The van der Waals surface area contributed by atoms with Gasteiger partial charge in [0.2, 0.25) is 23.4 Å². The van der Waals surface area contributed by atoms with Gasteiger partial charge in [0, 0.05) is 42.6 Å². The molecule has 5 rings (SSSR count). The van der Waals surface area contributed by atoms with E-state index in [1.165, 1.54) is 0 Å². The number of H-pyrrole nitrogens is 1. The van der Waals surface area contributed by atoms with E-state index in [0.29, 0.717) is 37.0 Å².